The lowest BCUT2D eigenvalue weighted by atomic mass is 9.74. The average Bonchev–Trinajstić information content (AvgIpc) is 2.73. The van der Waals surface area contributed by atoms with Crippen molar-refractivity contribution in [2.75, 3.05) is 20.3 Å². The predicted octanol–water partition coefficient (Wildman–Crippen LogP) is 0.230. The first kappa shape index (κ1) is 11.6. The van der Waals surface area contributed by atoms with E-state index in [9.17, 15) is 9.90 Å². The number of carbonyl (C=O) groups is 1. The van der Waals surface area contributed by atoms with E-state index >= 15 is 0 Å². The molecule has 0 amide bonds. The highest BCUT2D eigenvalue weighted by Crippen LogP contribution is 2.46. The SMILES string of the molecule is COC(=O)[C@]1(C)C=CC(O)CC12OCCO2. The molecule has 0 bridgehead atoms. The first-order valence-electron chi connectivity index (χ1n) is 5.28. The van der Waals surface area contributed by atoms with E-state index in [0.29, 0.717) is 13.2 Å². The molecule has 1 N–H and O–H groups in total. The monoisotopic (exact) mass is 228 g/mol. The van der Waals surface area contributed by atoms with Gasteiger partial charge in [-0.1, -0.05) is 12.2 Å². The van der Waals surface area contributed by atoms with Gasteiger partial charge in [-0.25, -0.2) is 0 Å². The quantitative estimate of drug-likeness (QED) is 0.514. The van der Waals surface area contributed by atoms with Gasteiger partial charge < -0.3 is 19.3 Å². The molecule has 1 spiro atoms. The Morgan fingerprint density at radius 2 is 2.12 bits per heavy atom. The van der Waals surface area contributed by atoms with E-state index in [1.807, 2.05) is 0 Å². The van der Waals surface area contributed by atoms with Crippen molar-refractivity contribution in [3.63, 3.8) is 0 Å². The highest BCUT2D eigenvalue weighted by Gasteiger charge is 2.59. The van der Waals surface area contributed by atoms with Crippen molar-refractivity contribution in [2.24, 2.45) is 5.41 Å². The fourth-order valence-corrected chi connectivity index (χ4v) is 2.29. The third kappa shape index (κ3) is 1.47. The molecule has 1 heterocycles. The van der Waals surface area contributed by atoms with Crippen molar-refractivity contribution < 1.29 is 24.1 Å². The molecule has 5 heteroatoms. The van der Waals surface area contributed by atoms with Crippen molar-refractivity contribution in [1.82, 2.24) is 0 Å². The van der Waals surface area contributed by atoms with Gasteiger partial charge in [0.05, 0.1) is 26.4 Å². The molecule has 5 nitrogen and oxygen atoms in total. The molecule has 0 aromatic heterocycles. The van der Waals surface area contributed by atoms with Crippen molar-refractivity contribution >= 4 is 5.97 Å². The number of carbonyl (C=O) groups excluding carboxylic acids is 1. The van der Waals surface area contributed by atoms with Crippen LogP contribution in [0.1, 0.15) is 13.3 Å². The Hall–Kier alpha value is -0.910. The lowest BCUT2D eigenvalue weighted by Gasteiger charge is -2.43. The van der Waals surface area contributed by atoms with Gasteiger partial charge in [0.1, 0.15) is 5.41 Å². The molecule has 90 valence electrons. The molecule has 1 aliphatic heterocycles. The molecule has 0 aromatic rings. The zero-order valence-corrected chi connectivity index (χ0v) is 9.43. The molecule has 2 atom stereocenters. The van der Waals surface area contributed by atoms with E-state index in [0.717, 1.165) is 0 Å². The third-order valence-electron chi connectivity index (χ3n) is 3.28. The molecule has 1 aliphatic carbocycles. The maximum absolute atomic E-state index is 11.8. The van der Waals surface area contributed by atoms with E-state index in [-0.39, 0.29) is 6.42 Å². The summed E-state index contributed by atoms with van der Waals surface area (Å²) in [6.07, 6.45) is 2.77. The average molecular weight is 228 g/mol. The van der Waals surface area contributed by atoms with E-state index < -0.39 is 23.3 Å². The fourth-order valence-electron chi connectivity index (χ4n) is 2.29. The Kier molecular flexibility index (Phi) is 2.77. The van der Waals surface area contributed by atoms with Crippen LogP contribution in [0.4, 0.5) is 0 Å². The molecule has 1 unspecified atom stereocenters. The van der Waals surface area contributed by atoms with Crippen LogP contribution in [0.5, 0.6) is 0 Å². The Morgan fingerprint density at radius 3 is 2.69 bits per heavy atom. The number of hydrogen-bond donors (Lipinski definition) is 1. The normalized spacial score (nSPS) is 36.6. The van der Waals surface area contributed by atoms with Crippen LogP contribution in [-0.4, -0.2) is 43.3 Å². The predicted molar refractivity (Wildman–Crippen MR) is 54.5 cm³/mol. The van der Waals surface area contributed by atoms with Crippen LogP contribution in [0.2, 0.25) is 0 Å². The van der Waals surface area contributed by atoms with E-state index in [4.69, 9.17) is 14.2 Å². The van der Waals surface area contributed by atoms with Crippen LogP contribution in [0, 0.1) is 5.41 Å². The molecule has 2 aliphatic rings. The van der Waals surface area contributed by atoms with E-state index in [1.54, 1.807) is 19.1 Å². The molecule has 0 radical (unpaired) electrons. The highest BCUT2D eigenvalue weighted by molar-refractivity contribution is 5.80. The Morgan fingerprint density at radius 1 is 1.50 bits per heavy atom. The second-order valence-electron chi connectivity index (χ2n) is 4.27. The van der Waals surface area contributed by atoms with E-state index in [2.05, 4.69) is 0 Å². The van der Waals surface area contributed by atoms with Gasteiger partial charge in [0, 0.05) is 6.42 Å². The molecular weight excluding hydrogens is 212 g/mol. The van der Waals surface area contributed by atoms with Gasteiger partial charge in [-0.15, -0.1) is 0 Å². The van der Waals surface area contributed by atoms with Crippen LogP contribution in [0.25, 0.3) is 0 Å². The topological polar surface area (TPSA) is 65.0 Å². The van der Waals surface area contributed by atoms with Crippen molar-refractivity contribution in [2.45, 2.75) is 25.2 Å². The number of ether oxygens (including phenoxy) is 3. The first-order valence-corrected chi connectivity index (χ1v) is 5.28. The van der Waals surface area contributed by atoms with Crippen molar-refractivity contribution in [1.29, 1.82) is 0 Å². The highest BCUT2D eigenvalue weighted by atomic mass is 16.7. The van der Waals surface area contributed by atoms with Gasteiger partial charge in [-0.05, 0) is 6.92 Å². The smallest absolute Gasteiger partial charge is 0.320 e. The van der Waals surface area contributed by atoms with Crippen LogP contribution < -0.4 is 0 Å². The lowest BCUT2D eigenvalue weighted by molar-refractivity contribution is -0.240. The van der Waals surface area contributed by atoms with Crippen LogP contribution in [0.15, 0.2) is 12.2 Å². The summed E-state index contributed by atoms with van der Waals surface area (Å²) >= 11 is 0. The molecule has 2 rings (SSSR count). The summed E-state index contributed by atoms with van der Waals surface area (Å²) < 4.78 is 15.9. The maximum Gasteiger partial charge on any atom is 0.320 e. The largest absolute Gasteiger partial charge is 0.468 e. The summed E-state index contributed by atoms with van der Waals surface area (Å²) in [7, 11) is 1.33. The number of esters is 1. The van der Waals surface area contributed by atoms with E-state index in [1.165, 1.54) is 7.11 Å². The molecule has 1 saturated heterocycles. The van der Waals surface area contributed by atoms with Gasteiger partial charge >= 0.3 is 5.97 Å². The van der Waals surface area contributed by atoms with Gasteiger partial charge in [0.2, 0.25) is 0 Å². The zero-order chi connectivity index (χ0) is 11.8. The second-order valence-corrected chi connectivity index (χ2v) is 4.27. The van der Waals surface area contributed by atoms with Crippen LogP contribution in [0.3, 0.4) is 0 Å². The summed E-state index contributed by atoms with van der Waals surface area (Å²) in [4.78, 5) is 11.8. The summed E-state index contributed by atoms with van der Waals surface area (Å²) in [6.45, 7) is 2.55. The third-order valence-corrected chi connectivity index (χ3v) is 3.28. The molecule has 0 aromatic carbocycles. The lowest BCUT2D eigenvalue weighted by Crippen LogP contribution is -2.55. The Balaban J connectivity index is 2.40. The van der Waals surface area contributed by atoms with Gasteiger partial charge in [0.15, 0.2) is 5.79 Å². The van der Waals surface area contributed by atoms with Crippen LogP contribution in [-0.2, 0) is 19.0 Å². The number of aliphatic hydroxyl groups is 1. The molecule has 16 heavy (non-hydrogen) atoms. The number of methoxy groups -OCH3 is 1. The van der Waals surface area contributed by atoms with Gasteiger partial charge in [0.25, 0.3) is 0 Å². The van der Waals surface area contributed by atoms with Crippen molar-refractivity contribution in [3.05, 3.63) is 12.2 Å². The minimum absolute atomic E-state index is 0.245. The van der Waals surface area contributed by atoms with Gasteiger partial charge in [-0.3, -0.25) is 4.79 Å². The minimum Gasteiger partial charge on any atom is -0.468 e. The van der Waals surface area contributed by atoms with Crippen molar-refractivity contribution in [3.8, 4) is 0 Å². The Labute approximate surface area is 94.0 Å². The maximum atomic E-state index is 11.8. The molecule has 0 saturated carbocycles. The first-order chi connectivity index (χ1) is 7.54. The van der Waals surface area contributed by atoms with Gasteiger partial charge in [-0.2, -0.15) is 0 Å². The molecule has 1 fully saturated rings. The summed E-state index contributed by atoms with van der Waals surface area (Å²) in [6, 6.07) is 0. The molecular formula is C11H16O5. The number of aliphatic hydroxyl groups excluding tert-OH is 1. The zero-order valence-electron chi connectivity index (χ0n) is 9.43. The summed E-state index contributed by atoms with van der Waals surface area (Å²) in [5.74, 6) is -1.51. The number of rotatable bonds is 1. The Bertz CT molecular complexity index is 318. The summed E-state index contributed by atoms with van der Waals surface area (Å²) in [5.41, 5.74) is -1.00. The fraction of sp³-hybridized carbons (Fsp3) is 0.727. The standard InChI is InChI=1S/C11H16O5/c1-10(9(13)14-2)4-3-8(12)7-11(10)15-5-6-16-11/h3-4,8,12H,5-7H2,1-2H3/t8?,10-/m0/s1. The van der Waals surface area contributed by atoms with Crippen LogP contribution >= 0.6 is 0 Å². The number of hydrogen-bond acceptors (Lipinski definition) is 5. The second kappa shape index (κ2) is 3.84. The minimum atomic E-state index is -1.09. The summed E-state index contributed by atoms with van der Waals surface area (Å²) in [5, 5.41) is 9.62.